The number of ether oxygens (including phenoxy) is 1. The van der Waals surface area contributed by atoms with Crippen LogP contribution in [-0.2, 0) is 11.3 Å². The number of nitrogens with one attached hydrogen (secondary N) is 1. The van der Waals surface area contributed by atoms with Crippen LogP contribution in [0.1, 0.15) is 28.2 Å². The third kappa shape index (κ3) is 4.43. The van der Waals surface area contributed by atoms with E-state index in [1.807, 2.05) is 31.2 Å². The highest BCUT2D eigenvalue weighted by Gasteiger charge is 2.21. The standard InChI is InChI=1S/C18H23N3O3/c1-14-4-2-7-19-17(14)18(22)20-8-6-16-13-21(9-11-24-16)12-15-5-3-10-23-15/h2-5,7,10,16H,6,8-9,11-13H2,1H3,(H,20,22). The van der Waals surface area contributed by atoms with Gasteiger partial charge >= 0.3 is 0 Å². The first-order valence-corrected chi connectivity index (χ1v) is 8.28. The van der Waals surface area contributed by atoms with Crippen LogP contribution < -0.4 is 5.32 Å². The summed E-state index contributed by atoms with van der Waals surface area (Å²) in [7, 11) is 0. The Morgan fingerprint density at radius 2 is 2.33 bits per heavy atom. The Morgan fingerprint density at radius 1 is 1.42 bits per heavy atom. The number of amides is 1. The fraction of sp³-hybridized carbons (Fsp3) is 0.444. The van der Waals surface area contributed by atoms with E-state index in [9.17, 15) is 4.79 Å². The van der Waals surface area contributed by atoms with Crippen LogP contribution >= 0.6 is 0 Å². The zero-order valence-corrected chi connectivity index (χ0v) is 13.9. The van der Waals surface area contributed by atoms with Gasteiger partial charge in [0.05, 0.1) is 25.5 Å². The molecule has 0 spiro atoms. The Bertz CT molecular complexity index is 657. The molecule has 1 aliphatic rings. The topological polar surface area (TPSA) is 67.6 Å². The maximum atomic E-state index is 12.1. The van der Waals surface area contributed by atoms with Gasteiger partial charge in [-0.2, -0.15) is 0 Å². The minimum atomic E-state index is -0.128. The van der Waals surface area contributed by atoms with Crippen LogP contribution in [0, 0.1) is 6.92 Å². The molecule has 1 fully saturated rings. The number of hydrogen-bond donors (Lipinski definition) is 1. The molecule has 128 valence electrons. The van der Waals surface area contributed by atoms with Crippen molar-refractivity contribution in [3.05, 3.63) is 53.7 Å². The quantitative estimate of drug-likeness (QED) is 0.878. The number of furan rings is 1. The second-order valence-corrected chi connectivity index (χ2v) is 6.02. The summed E-state index contributed by atoms with van der Waals surface area (Å²) in [4.78, 5) is 18.6. The third-order valence-corrected chi connectivity index (χ3v) is 4.16. The minimum absolute atomic E-state index is 0.124. The molecule has 0 aliphatic carbocycles. The lowest BCUT2D eigenvalue weighted by atomic mass is 10.2. The van der Waals surface area contributed by atoms with Gasteiger partial charge in [-0.1, -0.05) is 6.07 Å². The Kier molecular flexibility index (Phi) is 5.61. The van der Waals surface area contributed by atoms with Gasteiger partial charge in [-0.15, -0.1) is 0 Å². The summed E-state index contributed by atoms with van der Waals surface area (Å²) in [5.74, 6) is 0.839. The highest BCUT2D eigenvalue weighted by atomic mass is 16.5. The summed E-state index contributed by atoms with van der Waals surface area (Å²) in [6.07, 6.45) is 4.24. The van der Waals surface area contributed by atoms with Gasteiger partial charge < -0.3 is 14.5 Å². The highest BCUT2D eigenvalue weighted by Crippen LogP contribution is 2.12. The van der Waals surface area contributed by atoms with Gasteiger partial charge in [0.1, 0.15) is 11.5 Å². The van der Waals surface area contributed by atoms with Crippen molar-refractivity contribution in [1.29, 1.82) is 0 Å². The lowest BCUT2D eigenvalue weighted by Crippen LogP contribution is -2.43. The smallest absolute Gasteiger partial charge is 0.270 e. The lowest BCUT2D eigenvalue weighted by molar-refractivity contribution is -0.0359. The molecular formula is C18H23N3O3. The van der Waals surface area contributed by atoms with E-state index in [1.54, 1.807) is 12.5 Å². The number of carbonyl (C=O) groups is 1. The molecule has 2 aromatic rings. The first kappa shape index (κ1) is 16.7. The predicted molar refractivity (Wildman–Crippen MR) is 89.6 cm³/mol. The highest BCUT2D eigenvalue weighted by molar-refractivity contribution is 5.93. The summed E-state index contributed by atoms with van der Waals surface area (Å²) < 4.78 is 11.2. The molecule has 1 amide bonds. The van der Waals surface area contributed by atoms with Crippen molar-refractivity contribution < 1.29 is 13.9 Å². The lowest BCUT2D eigenvalue weighted by Gasteiger charge is -2.32. The SMILES string of the molecule is Cc1cccnc1C(=O)NCCC1CN(Cc2ccco2)CCO1. The number of hydrogen-bond acceptors (Lipinski definition) is 5. The minimum Gasteiger partial charge on any atom is -0.468 e. The number of morpholine rings is 1. The Hall–Kier alpha value is -2.18. The molecule has 0 bridgehead atoms. The van der Waals surface area contributed by atoms with Gasteiger partial charge in [0.15, 0.2) is 0 Å². The van der Waals surface area contributed by atoms with Gasteiger partial charge in [-0.25, -0.2) is 0 Å². The molecule has 3 rings (SSSR count). The van der Waals surface area contributed by atoms with Gasteiger partial charge in [-0.3, -0.25) is 14.7 Å². The molecule has 0 aromatic carbocycles. The maximum absolute atomic E-state index is 12.1. The van der Waals surface area contributed by atoms with Crippen molar-refractivity contribution in [3.8, 4) is 0 Å². The predicted octanol–water partition coefficient (Wildman–Crippen LogP) is 2.00. The van der Waals surface area contributed by atoms with Crippen molar-refractivity contribution in [1.82, 2.24) is 15.2 Å². The van der Waals surface area contributed by atoms with Crippen LogP contribution in [0.5, 0.6) is 0 Å². The van der Waals surface area contributed by atoms with Gasteiger partial charge in [0.25, 0.3) is 5.91 Å². The Morgan fingerprint density at radius 3 is 3.12 bits per heavy atom. The third-order valence-electron chi connectivity index (χ3n) is 4.16. The molecule has 0 radical (unpaired) electrons. The van der Waals surface area contributed by atoms with E-state index in [0.717, 1.165) is 37.4 Å². The number of aryl methyl sites for hydroxylation is 1. The largest absolute Gasteiger partial charge is 0.468 e. The van der Waals surface area contributed by atoms with Crippen LogP contribution in [0.4, 0.5) is 0 Å². The molecule has 1 atom stereocenters. The monoisotopic (exact) mass is 329 g/mol. The number of nitrogens with zero attached hydrogens (tertiary/aromatic N) is 2. The molecule has 1 N–H and O–H groups in total. The van der Waals surface area contributed by atoms with Crippen molar-refractivity contribution in [3.63, 3.8) is 0 Å². The molecule has 1 aliphatic heterocycles. The summed E-state index contributed by atoms with van der Waals surface area (Å²) >= 11 is 0. The molecule has 1 unspecified atom stereocenters. The Balaban J connectivity index is 1.43. The van der Waals surface area contributed by atoms with E-state index in [2.05, 4.69) is 15.2 Å². The maximum Gasteiger partial charge on any atom is 0.270 e. The zero-order valence-electron chi connectivity index (χ0n) is 13.9. The van der Waals surface area contributed by atoms with Gasteiger partial charge in [0.2, 0.25) is 0 Å². The summed E-state index contributed by atoms with van der Waals surface area (Å²) in [5.41, 5.74) is 1.37. The molecule has 1 saturated heterocycles. The van der Waals surface area contributed by atoms with Crippen LogP contribution in [0.25, 0.3) is 0 Å². The van der Waals surface area contributed by atoms with Crippen LogP contribution in [-0.4, -0.2) is 48.1 Å². The van der Waals surface area contributed by atoms with E-state index in [-0.39, 0.29) is 12.0 Å². The van der Waals surface area contributed by atoms with Crippen molar-refractivity contribution in [2.75, 3.05) is 26.2 Å². The van der Waals surface area contributed by atoms with Crippen LogP contribution in [0.3, 0.4) is 0 Å². The molecule has 6 heteroatoms. The van der Waals surface area contributed by atoms with E-state index < -0.39 is 0 Å². The second kappa shape index (κ2) is 8.08. The van der Waals surface area contributed by atoms with Crippen LogP contribution in [0.2, 0.25) is 0 Å². The average Bonchev–Trinajstić information content (AvgIpc) is 3.08. The molecule has 0 saturated carbocycles. The van der Waals surface area contributed by atoms with Crippen molar-refractivity contribution in [2.45, 2.75) is 26.0 Å². The Labute approximate surface area is 141 Å². The van der Waals surface area contributed by atoms with E-state index in [0.29, 0.717) is 18.8 Å². The fourth-order valence-electron chi connectivity index (χ4n) is 2.88. The van der Waals surface area contributed by atoms with E-state index in [1.165, 1.54) is 0 Å². The molecular weight excluding hydrogens is 306 g/mol. The van der Waals surface area contributed by atoms with Crippen molar-refractivity contribution >= 4 is 5.91 Å². The first-order chi connectivity index (χ1) is 11.7. The molecule has 24 heavy (non-hydrogen) atoms. The second-order valence-electron chi connectivity index (χ2n) is 6.02. The summed E-state index contributed by atoms with van der Waals surface area (Å²) in [5, 5.41) is 2.93. The van der Waals surface area contributed by atoms with E-state index >= 15 is 0 Å². The molecule has 6 nitrogen and oxygen atoms in total. The molecule has 3 heterocycles. The van der Waals surface area contributed by atoms with E-state index in [4.69, 9.17) is 9.15 Å². The number of rotatable bonds is 6. The normalized spacial score (nSPS) is 18.5. The van der Waals surface area contributed by atoms with Crippen LogP contribution in [0.15, 0.2) is 41.1 Å². The fourth-order valence-corrected chi connectivity index (χ4v) is 2.88. The summed E-state index contributed by atoms with van der Waals surface area (Å²) in [6.45, 7) is 5.72. The average molecular weight is 329 g/mol. The van der Waals surface area contributed by atoms with Gasteiger partial charge in [-0.05, 0) is 37.1 Å². The summed E-state index contributed by atoms with van der Waals surface area (Å²) in [6, 6.07) is 7.61. The number of pyridine rings is 1. The number of carbonyl (C=O) groups excluding carboxylic acids is 1. The van der Waals surface area contributed by atoms with Gasteiger partial charge in [0, 0.05) is 25.8 Å². The first-order valence-electron chi connectivity index (χ1n) is 8.28. The zero-order chi connectivity index (χ0) is 16.8. The number of aromatic nitrogens is 1. The molecule has 2 aromatic heterocycles. The van der Waals surface area contributed by atoms with Crippen molar-refractivity contribution in [2.24, 2.45) is 0 Å².